The van der Waals surface area contributed by atoms with Crippen LogP contribution in [0.5, 0.6) is 11.5 Å². The molecule has 118 valence electrons. The number of carbonyl (C=O) groups is 1. The van der Waals surface area contributed by atoms with E-state index in [-0.39, 0.29) is 11.7 Å². The molecule has 0 fully saturated rings. The van der Waals surface area contributed by atoms with Crippen molar-refractivity contribution in [1.82, 2.24) is 5.32 Å². The van der Waals surface area contributed by atoms with Crippen molar-refractivity contribution in [3.8, 4) is 17.6 Å². The summed E-state index contributed by atoms with van der Waals surface area (Å²) >= 11 is 6.24. The van der Waals surface area contributed by atoms with E-state index in [9.17, 15) is 4.79 Å². The predicted molar refractivity (Wildman–Crippen MR) is 86.0 cm³/mol. The summed E-state index contributed by atoms with van der Waals surface area (Å²) < 4.78 is 11.0. The number of hydrogen-bond donors (Lipinski definition) is 1. The van der Waals surface area contributed by atoms with Crippen LogP contribution in [0.25, 0.3) is 6.08 Å². The van der Waals surface area contributed by atoms with Crippen LogP contribution in [-0.4, -0.2) is 26.2 Å². The van der Waals surface area contributed by atoms with Crippen molar-refractivity contribution < 1.29 is 14.3 Å². The van der Waals surface area contributed by atoms with Crippen molar-refractivity contribution in [1.29, 1.82) is 5.26 Å². The number of likely N-dealkylation sites (N-methyl/N-ethyl adjacent to an activating group) is 1. The minimum absolute atomic E-state index is 0.00618. The lowest BCUT2D eigenvalue weighted by Gasteiger charge is -2.17. The van der Waals surface area contributed by atoms with E-state index >= 15 is 0 Å². The van der Waals surface area contributed by atoms with Crippen LogP contribution in [-0.2, 0) is 4.79 Å². The molecule has 1 atom stereocenters. The lowest BCUT2D eigenvalue weighted by molar-refractivity contribution is -0.116. The second-order valence-electron chi connectivity index (χ2n) is 4.62. The summed E-state index contributed by atoms with van der Waals surface area (Å²) in [6.07, 6.45) is 2.27. The van der Waals surface area contributed by atoms with Crippen LogP contribution >= 0.6 is 11.6 Å². The summed E-state index contributed by atoms with van der Waals surface area (Å²) in [6.45, 7) is 3.94. The predicted octanol–water partition coefficient (Wildman–Crippen LogP) is 3.18. The summed E-state index contributed by atoms with van der Waals surface area (Å²) in [4.78, 5) is 11.5. The number of ether oxygens (including phenoxy) is 2. The molecular weight excluding hydrogens is 304 g/mol. The number of methoxy groups -OCH3 is 1. The molecule has 22 heavy (non-hydrogen) atoms. The molecule has 1 unspecified atom stereocenters. The zero-order chi connectivity index (χ0) is 16.7. The Morgan fingerprint density at radius 1 is 1.55 bits per heavy atom. The fraction of sp³-hybridized carbons (Fsp3) is 0.375. The first-order chi connectivity index (χ1) is 10.5. The van der Waals surface area contributed by atoms with E-state index in [1.807, 2.05) is 19.9 Å². The van der Waals surface area contributed by atoms with Crippen LogP contribution in [0.4, 0.5) is 0 Å². The first kappa shape index (κ1) is 17.9. The molecule has 1 aromatic carbocycles. The van der Waals surface area contributed by atoms with Crippen LogP contribution in [0.2, 0.25) is 5.02 Å². The molecule has 5 nitrogen and oxygen atoms in total. The topological polar surface area (TPSA) is 71.3 Å². The van der Waals surface area contributed by atoms with Gasteiger partial charge in [0.1, 0.15) is 11.6 Å². The van der Waals surface area contributed by atoms with Crippen LogP contribution in [0.3, 0.4) is 0 Å². The number of halogens is 1. The number of amides is 1. The molecule has 0 saturated heterocycles. The maximum Gasteiger partial charge on any atom is 0.261 e. The normalized spacial score (nSPS) is 12.3. The Morgan fingerprint density at radius 3 is 2.73 bits per heavy atom. The third-order valence-electron chi connectivity index (χ3n) is 3.05. The highest BCUT2D eigenvalue weighted by Crippen LogP contribution is 2.37. The minimum Gasteiger partial charge on any atom is -0.493 e. The zero-order valence-electron chi connectivity index (χ0n) is 13.1. The molecule has 0 radical (unpaired) electrons. The Labute approximate surface area is 135 Å². The fourth-order valence-electron chi connectivity index (χ4n) is 1.67. The number of nitrogens with one attached hydrogen (secondary N) is 1. The number of hydrogen-bond acceptors (Lipinski definition) is 4. The van der Waals surface area contributed by atoms with E-state index in [0.717, 1.165) is 6.42 Å². The van der Waals surface area contributed by atoms with Crippen molar-refractivity contribution >= 4 is 23.6 Å². The maximum atomic E-state index is 11.5. The van der Waals surface area contributed by atoms with E-state index in [1.54, 1.807) is 12.1 Å². The molecule has 0 aliphatic carbocycles. The van der Waals surface area contributed by atoms with Gasteiger partial charge in [-0.2, -0.15) is 5.26 Å². The number of carbonyl (C=O) groups excluding carboxylic acids is 1. The van der Waals surface area contributed by atoms with E-state index in [0.29, 0.717) is 22.1 Å². The smallest absolute Gasteiger partial charge is 0.261 e. The monoisotopic (exact) mass is 322 g/mol. The van der Waals surface area contributed by atoms with Crippen molar-refractivity contribution in [3.05, 3.63) is 28.3 Å². The Kier molecular flexibility index (Phi) is 6.74. The first-order valence-electron chi connectivity index (χ1n) is 6.84. The Hall–Kier alpha value is -2.19. The van der Waals surface area contributed by atoms with Gasteiger partial charge in [0.05, 0.1) is 18.2 Å². The molecule has 1 amide bonds. The molecule has 0 heterocycles. The van der Waals surface area contributed by atoms with Gasteiger partial charge in [0, 0.05) is 7.05 Å². The van der Waals surface area contributed by atoms with E-state index < -0.39 is 5.91 Å². The van der Waals surface area contributed by atoms with Gasteiger partial charge in [0.15, 0.2) is 11.5 Å². The highest BCUT2D eigenvalue weighted by molar-refractivity contribution is 6.32. The Morgan fingerprint density at radius 2 is 2.23 bits per heavy atom. The van der Waals surface area contributed by atoms with Gasteiger partial charge < -0.3 is 14.8 Å². The molecule has 1 aromatic rings. The van der Waals surface area contributed by atoms with Crippen LogP contribution < -0.4 is 14.8 Å². The number of benzene rings is 1. The van der Waals surface area contributed by atoms with Gasteiger partial charge in [0.2, 0.25) is 0 Å². The molecule has 0 aromatic heterocycles. The van der Waals surface area contributed by atoms with Crippen molar-refractivity contribution in [3.63, 3.8) is 0 Å². The van der Waals surface area contributed by atoms with Crippen LogP contribution in [0.1, 0.15) is 25.8 Å². The molecule has 0 saturated carbocycles. The summed E-state index contributed by atoms with van der Waals surface area (Å²) in [5.74, 6) is 0.444. The van der Waals surface area contributed by atoms with Crippen LogP contribution in [0, 0.1) is 11.3 Å². The Balaban J connectivity index is 3.26. The molecule has 1 rings (SSSR count). The molecule has 6 heteroatoms. The zero-order valence-corrected chi connectivity index (χ0v) is 13.8. The molecular formula is C16H19ClN2O3. The maximum absolute atomic E-state index is 11.5. The average Bonchev–Trinajstić information content (AvgIpc) is 2.53. The van der Waals surface area contributed by atoms with Crippen molar-refractivity contribution in [2.75, 3.05) is 14.2 Å². The van der Waals surface area contributed by atoms with Crippen molar-refractivity contribution in [2.24, 2.45) is 0 Å². The Bertz CT molecular complexity index is 621. The lowest BCUT2D eigenvalue weighted by Crippen LogP contribution is -2.19. The van der Waals surface area contributed by atoms with Gasteiger partial charge in [0.25, 0.3) is 5.91 Å². The van der Waals surface area contributed by atoms with Gasteiger partial charge in [-0.05, 0) is 37.1 Å². The summed E-state index contributed by atoms with van der Waals surface area (Å²) in [5, 5.41) is 11.8. The molecule has 1 N–H and O–H groups in total. The largest absolute Gasteiger partial charge is 0.493 e. The summed E-state index contributed by atoms with van der Waals surface area (Å²) in [7, 11) is 2.97. The lowest BCUT2D eigenvalue weighted by atomic mass is 10.1. The van der Waals surface area contributed by atoms with E-state index in [2.05, 4.69) is 5.32 Å². The molecule has 0 aliphatic heterocycles. The van der Waals surface area contributed by atoms with Crippen molar-refractivity contribution in [2.45, 2.75) is 26.4 Å². The third-order valence-corrected chi connectivity index (χ3v) is 3.33. The number of rotatable bonds is 6. The van der Waals surface area contributed by atoms with Crippen LogP contribution in [0.15, 0.2) is 17.7 Å². The SMILES string of the molecule is CCC(C)Oc1c(Cl)cc(C=C(C#N)C(=O)NC)cc1OC. The summed E-state index contributed by atoms with van der Waals surface area (Å²) in [6, 6.07) is 5.15. The van der Waals surface area contributed by atoms with Gasteiger partial charge in [-0.1, -0.05) is 18.5 Å². The second kappa shape index (κ2) is 8.30. The number of nitrogens with zero attached hydrogens (tertiary/aromatic N) is 1. The first-order valence-corrected chi connectivity index (χ1v) is 7.22. The quantitative estimate of drug-likeness (QED) is 0.645. The summed E-state index contributed by atoms with van der Waals surface area (Å²) in [5.41, 5.74) is 0.565. The molecule has 0 bridgehead atoms. The van der Waals surface area contributed by atoms with Gasteiger partial charge in [-0.15, -0.1) is 0 Å². The molecule has 0 spiro atoms. The van der Waals surface area contributed by atoms with Gasteiger partial charge in [-0.3, -0.25) is 4.79 Å². The highest BCUT2D eigenvalue weighted by Gasteiger charge is 2.15. The second-order valence-corrected chi connectivity index (χ2v) is 5.03. The average molecular weight is 323 g/mol. The van der Waals surface area contributed by atoms with E-state index in [1.165, 1.54) is 20.2 Å². The molecule has 0 aliphatic rings. The number of nitriles is 1. The highest BCUT2D eigenvalue weighted by atomic mass is 35.5. The standard InChI is InChI=1S/C16H19ClN2O3/c1-5-10(2)22-15-13(17)7-11(8-14(15)21-4)6-12(9-18)16(20)19-3/h6-8,10H,5H2,1-4H3,(H,19,20). The van der Waals surface area contributed by atoms with E-state index in [4.69, 9.17) is 26.3 Å². The van der Waals surface area contributed by atoms with Gasteiger partial charge >= 0.3 is 0 Å². The minimum atomic E-state index is -0.461. The van der Waals surface area contributed by atoms with Gasteiger partial charge in [-0.25, -0.2) is 0 Å². The third kappa shape index (κ3) is 4.40. The fourth-order valence-corrected chi connectivity index (χ4v) is 1.94.